The van der Waals surface area contributed by atoms with Gasteiger partial charge < -0.3 is 14.0 Å². The number of hydrogen-bond acceptors (Lipinski definition) is 8. The molecule has 0 bridgehead atoms. The highest BCUT2D eigenvalue weighted by Gasteiger charge is 2.44. The Labute approximate surface area is 254 Å². The Balaban J connectivity index is 1.48. The Bertz CT molecular complexity index is 1670. The van der Waals surface area contributed by atoms with Crippen molar-refractivity contribution in [2.45, 2.75) is 64.8 Å². The zero-order valence-electron chi connectivity index (χ0n) is 25.3. The lowest BCUT2D eigenvalue weighted by molar-refractivity contribution is -0.152. The minimum Gasteiger partial charge on any atom is -0.451 e. The molecule has 2 atom stereocenters. The third kappa shape index (κ3) is 6.64. The molecule has 0 saturated carbocycles. The number of fused-ring (bicyclic) bond motifs is 1. The van der Waals surface area contributed by atoms with Gasteiger partial charge in [-0.1, -0.05) is 74.5 Å². The third-order valence-electron chi connectivity index (χ3n) is 7.21. The average Bonchev–Trinajstić information content (AvgIpc) is 3.61. The van der Waals surface area contributed by atoms with Crippen LogP contribution in [-0.2, 0) is 19.1 Å². The van der Waals surface area contributed by atoms with E-state index < -0.39 is 41.4 Å². The van der Waals surface area contributed by atoms with E-state index in [1.807, 2.05) is 60.7 Å². The van der Waals surface area contributed by atoms with Crippen molar-refractivity contribution < 1.29 is 23.9 Å². The molecule has 0 radical (unpaired) electrons. The molecule has 12 heteroatoms. The maximum Gasteiger partial charge on any atom is 0.411 e. The Kier molecular flexibility index (Phi) is 8.52. The summed E-state index contributed by atoms with van der Waals surface area (Å²) in [5.74, 6) is -1.27. The minimum atomic E-state index is -0.996. The summed E-state index contributed by atoms with van der Waals surface area (Å²) in [4.78, 5) is 65.0. The first-order valence-corrected chi connectivity index (χ1v) is 14.5. The van der Waals surface area contributed by atoms with E-state index in [0.29, 0.717) is 0 Å². The van der Waals surface area contributed by atoms with Gasteiger partial charge in [-0.15, -0.1) is 0 Å². The molecule has 2 amide bonds. The van der Waals surface area contributed by atoms with Gasteiger partial charge in [0, 0.05) is 18.9 Å². The lowest BCUT2D eigenvalue weighted by Crippen LogP contribution is -2.44. The van der Waals surface area contributed by atoms with Gasteiger partial charge in [-0.25, -0.2) is 14.6 Å². The molecule has 0 spiro atoms. The van der Waals surface area contributed by atoms with Crippen LogP contribution in [0.4, 0.5) is 10.7 Å². The van der Waals surface area contributed by atoms with E-state index in [2.05, 4.69) is 20.3 Å². The van der Waals surface area contributed by atoms with Gasteiger partial charge in [-0.05, 0) is 31.9 Å². The molecule has 230 valence electrons. The number of rotatable bonds is 7. The van der Waals surface area contributed by atoms with Gasteiger partial charge in [-0.2, -0.15) is 4.98 Å². The van der Waals surface area contributed by atoms with Crippen LogP contribution in [0.25, 0.3) is 11.2 Å². The average molecular weight is 601 g/mol. The minimum absolute atomic E-state index is 0.0190. The Morgan fingerprint density at radius 1 is 1.00 bits per heavy atom. The molecular weight excluding hydrogens is 564 g/mol. The van der Waals surface area contributed by atoms with Gasteiger partial charge in [0.2, 0.25) is 11.9 Å². The summed E-state index contributed by atoms with van der Waals surface area (Å²) in [6.07, 6.45) is 0.231. The SMILES string of the molecule is CC(C)C(=O)Nc1nc2c(ncn2[C@@H]2C[C@H](C(=O)OC(c3ccccc3)c3ccccc3)N(C(=O)OC(C)(C)C)C2)c(=O)[nH]1. The van der Waals surface area contributed by atoms with Gasteiger partial charge >= 0.3 is 12.1 Å². The molecule has 12 nitrogen and oxygen atoms in total. The number of likely N-dealkylation sites (tertiary alicyclic amines) is 1. The number of nitrogens with zero attached hydrogens (tertiary/aromatic N) is 4. The fourth-order valence-electron chi connectivity index (χ4n) is 5.05. The number of carbonyl (C=O) groups is 3. The van der Waals surface area contributed by atoms with E-state index in [4.69, 9.17) is 9.47 Å². The number of aromatic amines is 1. The fraction of sp³-hybridized carbons (Fsp3) is 0.375. The molecular formula is C32H36N6O6. The second kappa shape index (κ2) is 12.3. The predicted molar refractivity (Wildman–Crippen MR) is 163 cm³/mol. The number of amides is 2. The highest BCUT2D eigenvalue weighted by molar-refractivity contribution is 5.91. The van der Waals surface area contributed by atoms with Crippen LogP contribution in [0, 0.1) is 5.92 Å². The van der Waals surface area contributed by atoms with E-state index in [-0.39, 0.29) is 41.9 Å². The van der Waals surface area contributed by atoms with Crippen LogP contribution in [0.15, 0.2) is 71.8 Å². The molecule has 3 heterocycles. The van der Waals surface area contributed by atoms with Crippen molar-refractivity contribution in [1.82, 2.24) is 24.4 Å². The summed E-state index contributed by atoms with van der Waals surface area (Å²) in [6.45, 7) is 8.76. The Morgan fingerprint density at radius 3 is 2.18 bits per heavy atom. The van der Waals surface area contributed by atoms with Gasteiger partial charge in [0.1, 0.15) is 11.6 Å². The first kappa shape index (κ1) is 30.5. The van der Waals surface area contributed by atoms with Gasteiger partial charge in [0.25, 0.3) is 5.56 Å². The number of ether oxygens (including phenoxy) is 2. The van der Waals surface area contributed by atoms with Crippen molar-refractivity contribution in [3.8, 4) is 0 Å². The number of benzene rings is 2. The maximum atomic E-state index is 13.9. The van der Waals surface area contributed by atoms with Crippen LogP contribution in [-0.4, -0.2) is 60.6 Å². The largest absolute Gasteiger partial charge is 0.451 e. The maximum absolute atomic E-state index is 13.9. The number of carbonyl (C=O) groups excluding carboxylic acids is 3. The molecule has 1 saturated heterocycles. The number of nitrogens with one attached hydrogen (secondary N) is 2. The standard InChI is InChI=1S/C32H36N6O6/c1-19(2)27(39)35-30-34-26-24(28(40)36-30)33-18-38(26)22-16-23(37(17-22)31(42)44-32(3,4)5)29(41)43-25(20-12-8-6-9-13-20)21-14-10-7-11-15-21/h6-15,18-19,22-23,25H,16-17H2,1-5H3,(H2,34,35,36,39,40)/t22-,23-/m1/s1. The molecule has 0 unspecified atom stereocenters. The molecule has 44 heavy (non-hydrogen) atoms. The van der Waals surface area contributed by atoms with Crippen LogP contribution in [0.1, 0.15) is 64.3 Å². The van der Waals surface area contributed by atoms with Crippen LogP contribution >= 0.6 is 0 Å². The molecule has 0 aliphatic carbocycles. The van der Waals surface area contributed by atoms with E-state index in [1.54, 1.807) is 39.2 Å². The second-order valence-corrected chi connectivity index (χ2v) is 12.1. The van der Waals surface area contributed by atoms with Crippen molar-refractivity contribution in [3.05, 3.63) is 88.5 Å². The van der Waals surface area contributed by atoms with Crippen LogP contribution < -0.4 is 10.9 Å². The molecule has 2 N–H and O–H groups in total. The van der Waals surface area contributed by atoms with Crippen LogP contribution in [0.5, 0.6) is 0 Å². The highest BCUT2D eigenvalue weighted by atomic mass is 16.6. The summed E-state index contributed by atoms with van der Waals surface area (Å²) >= 11 is 0. The summed E-state index contributed by atoms with van der Waals surface area (Å²) in [7, 11) is 0. The van der Waals surface area contributed by atoms with E-state index in [1.165, 1.54) is 11.2 Å². The predicted octanol–water partition coefficient (Wildman–Crippen LogP) is 4.60. The summed E-state index contributed by atoms with van der Waals surface area (Å²) in [6, 6.07) is 17.3. The normalized spacial score (nSPS) is 16.8. The zero-order chi connectivity index (χ0) is 31.6. The number of esters is 1. The summed E-state index contributed by atoms with van der Waals surface area (Å²) in [5.41, 5.74) is 0.508. The fourth-order valence-corrected chi connectivity index (χ4v) is 5.05. The van der Waals surface area contributed by atoms with Crippen LogP contribution in [0.2, 0.25) is 0 Å². The van der Waals surface area contributed by atoms with Crippen molar-refractivity contribution >= 4 is 35.1 Å². The van der Waals surface area contributed by atoms with Crippen molar-refractivity contribution in [3.63, 3.8) is 0 Å². The van der Waals surface area contributed by atoms with E-state index in [0.717, 1.165) is 11.1 Å². The van der Waals surface area contributed by atoms with Gasteiger partial charge in [0.05, 0.1) is 12.4 Å². The lowest BCUT2D eigenvalue weighted by atomic mass is 10.0. The Hall–Kier alpha value is -5.00. The number of hydrogen-bond donors (Lipinski definition) is 2. The van der Waals surface area contributed by atoms with Crippen molar-refractivity contribution in [1.29, 1.82) is 0 Å². The third-order valence-corrected chi connectivity index (χ3v) is 7.21. The molecule has 4 aromatic rings. The zero-order valence-corrected chi connectivity index (χ0v) is 25.3. The second-order valence-electron chi connectivity index (χ2n) is 12.1. The lowest BCUT2D eigenvalue weighted by Gasteiger charge is -2.28. The highest BCUT2D eigenvalue weighted by Crippen LogP contribution is 2.34. The number of aromatic nitrogens is 4. The molecule has 2 aromatic carbocycles. The number of H-pyrrole nitrogens is 1. The smallest absolute Gasteiger partial charge is 0.411 e. The van der Waals surface area contributed by atoms with Gasteiger partial charge in [0.15, 0.2) is 17.3 Å². The molecule has 5 rings (SSSR count). The first-order chi connectivity index (χ1) is 20.9. The molecule has 1 aliphatic rings. The Morgan fingerprint density at radius 2 is 1.61 bits per heavy atom. The topological polar surface area (TPSA) is 149 Å². The van der Waals surface area contributed by atoms with Crippen LogP contribution in [0.3, 0.4) is 0 Å². The molecule has 1 fully saturated rings. The van der Waals surface area contributed by atoms with E-state index in [9.17, 15) is 19.2 Å². The summed E-state index contributed by atoms with van der Waals surface area (Å²) < 4.78 is 13.5. The number of anilines is 1. The van der Waals surface area contributed by atoms with Crippen molar-refractivity contribution in [2.75, 3.05) is 11.9 Å². The first-order valence-electron chi connectivity index (χ1n) is 14.5. The number of imidazole rings is 1. The summed E-state index contributed by atoms with van der Waals surface area (Å²) in [5, 5.41) is 2.61. The molecule has 2 aromatic heterocycles. The van der Waals surface area contributed by atoms with Crippen molar-refractivity contribution in [2.24, 2.45) is 5.92 Å². The quantitative estimate of drug-likeness (QED) is 0.293. The van der Waals surface area contributed by atoms with E-state index >= 15 is 0 Å². The monoisotopic (exact) mass is 600 g/mol. The van der Waals surface area contributed by atoms with Gasteiger partial charge in [-0.3, -0.25) is 24.8 Å². The molecule has 1 aliphatic heterocycles.